The zero-order chi connectivity index (χ0) is 12.5. The number of halogens is 1. The molecule has 0 aliphatic carbocycles. The summed E-state index contributed by atoms with van der Waals surface area (Å²) in [6.07, 6.45) is 0. The van der Waals surface area contributed by atoms with Gasteiger partial charge in [-0.3, -0.25) is 0 Å². The molecule has 0 aromatic heterocycles. The van der Waals surface area contributed by atoms with Crippen molar-refractivity contribution in [2.75, 3.05) is 30.3 Å². The maximum Gasteiger partial charge on any atom is 0.245 e. The first-order valence-corrected chi connectivity index (χ1v) is 7.74. The molecule has 1 aromatic rings. The minimum Gasteiger partial charge on any atom is -0.398 e. The predicted octanol–water partition coefficient (Wildman–Crippen LogP) is 1.15. The highest BCUT2D eigenvalue weighted by molar-refractivity contribution is 7.99. The Hall–Kier alpha value is -0.790. The lowest BCUT2D eigenvalue weighted by atomic mass is 10.3. The fraction of sp³-hybridized carbons (Fsp3) is 0.400. The number of hydrogen-bond donors (Lipinski definition) is 1. The van der Waals surface area contributed by atoms with E-state index in [9.17, 15) is 12.8 Å². The number of hydrogen-bond acceptors (Lipinski definition) is 4. The summed E-state index contributed by atoms with van der Waals surface area (Å²) in [7, 11) is -3.58. The van der Waals surface area contributed by atoms with Gasteiger partial charge in [0.1, 0.15) is 10.7 Å². The number of thioether (sulfide) groups is 1. The van der Waals surface area contributed by atoms with Crippen LogP contribution >= 0.6 is 11.8 Å². The molecule has 4 nitrogen and oxygen atoms in total. The summed E-state index contributed by atoms with van der Waals surface area (Å²) in [5.41, 5.74) is 5.52. The standard InChI is InChI=1S/C10H13FN2O2S2/c11-8-1-2-10(9(12)7-8)17(14,15)13-3-5-16-6-4-13/h1-2,7H,3-6,12H2. The van der Waals surface area contributed by atoms with Gasteiger partial charge in [-0.2, -0.15) is 16.1 Å². The number of anilines is 1. The molecule has 1 saturated heterocycles. The van der Waals surface area contributed by atoms with E-state index in [-0.39, 0.29) is 10.6 Å². The van der Waals surface area contributed by atoms with Crippen molar-refractivity contribution in [1.29, 1.82) is 0 Å². The fourth-order valence-electron chi connectivity index (χ4n) is 1.68. The number of nitrogens with zero attached hydrogens (tertiary/aromatic N) is 1. The van der Waals surface area contributed by atoms with Crippen LogP contribution in [0, 0.1) is 5.82 Å². The van der Waals surface area contributed by atoms with Crippen molar-refractivity contribution in [1.82, 2.24) is 4.31 Å². The van der Waals surface area contributed by atoms with Crippen molar-refractivity contribution in [2.45, 2.75) is 4.90 Å². The van der Waals surface area contributed by atoms with E-state index in [1.54, 1.807) is 11.8 Å². The van der Waals surface area contributed by atoms with E-state index in [2.05, 4.69) is 0 Å². The van der Waals surface area contributed by atoms with Gasteiger partial charge in [0.15, 0.2) is 0 Å². The normalized spacial score (nSPS) is 18.2. The second kappa shape index (κ2) is 4.83. The number of nitrogen functional groups attached to an aromatic ring is 1. The van der Waals surface area contributed by atoms with Gasteiger partial charge >= 0.3 is 0 Å². The van der Waals surface area contributed by atoms with Gasteiger partial charge in [0.2, 0.25) is 10.0 Å². The number of rotatable bonds is 2. The maximum atomic E-state index is 12.9. The third-order valence-corrected chi connectivity index (χ3v) is 5.47. The summed E-state index contributed by atoms with van der Waals surface area (Å²) in [6.45, 7) is 0.952. The maximum absolute atomic E-state index is 12.9. The van der Waals surface area contributed by atoms with Gasteiger partial charge in [-0.1, -0.05) is 0 Å². The molecule has 2 rings (SSSR count). The van der Waals surface area contributed by atoms with E-state index in [0.29, 0.717) is 13.1 Å². The molecule has 1 aromatic carbocycles. The van der Waals surface area contributed by atoms with Gasteiger partial charge < -0.3 is 5.73 Å². The monoisotopic (exact) mass is 276 g/mol. The Balaban J connectivity index is 2.37. The summed E-state index contributed by atoms with van der Waals surface area (Å²) >= 11 is 1.72. The smallest absolute Gasteiger partial charge is 0.245 e. The highest BCUT2D eigenvalue weighted by atomic mass is 32.2. The largest absolute Gasteiger partial charge is 0.398 e. The fourth-order valence-corrected chi connectivity index (χ4v) is 4.35. The summed E-state index contributed by atoms with van der Waals surface area (Å²) in [4.78, 5) is -0.00852. The van der Waals surface area contributed by atoms with Crippen LogP contribution in [0.15, 0.2) is 23.1 Å². The molecule has 0 spiro atoms. The topological polar surface area (TPSA) is 63.4 Å². The molecule has 1 aliphatic heterocycles. The Bertz CT molecular complexity index is 513. The molecular formula is C10H13FN2O2S2. The molecule has 2 N–H and O–H groups in total. The van der Waals surface area contributed by atoms with Crippen LogP contribution in [-0.2, 0) is 10.0 Å². The molecule has 1 fully saturated rings. The van der Waals surface area contributed by atoms with Crippen LogP contribution in [0.25, 0.3) is 0 Å². The summed E-state index contributed by atoms with van der Waals surface area (Å²) in [6, 6.07) is 3.37. The Labute approximate surface area is 104 Å². The van der Waals surface area contributed by atoms with E-state index >= 15 is 0 Å². The summed E-state index contributed by atoms with van der Waals surface area (Å²) in [5.74, 6) is 1.02. The van der Waals surface area contributed by atoms with Crippen molar-refractivity contribution >= 4 is 27.5 Å². The number of sulfonamides is 1. The van der Waals surface area contributed by atoms with E-state index < -0.39 is 15.8 Å². The van der Waals surface area contributed by atoms with Crippen molar-refractivity contribution in [3.63, 3.8) is 0 Å². The second-order valence-electron chi connectivity index (χ2n) is 3.70. The van der Waals surface area contributed by atoms with Crippen molar-refractivity contribution in [3.8, 4) is 0 Å². The van der Waals surface area contributed by atoms with Crippen LogP contribution in [0.1, 0.15) is 0 Å². The molecule has 0 unspecified atom stereocenters. The Morgan fingerprint density at radius 3 is 2.53 bits per heavy atom. The molecule has 1 aliphatic rings. The van der Waals surface area contributed by atoms with Crippen LogP contribution in [-0.4, -0.2) is 37.3 Å². The van der Waals surface area contributed by atoms with Gasteiger partial charge in [-0.15, -0.1) is 0 Å². The molecule has 1 heterocycles. The van der Waals surface area contributed by atoms with Gasteiger partial charge in [-0.05, 0) is 18.2 Å². The molecule has 0 bridgehead atoms. The lowest BCUT2D eigenvalue weighted by Crippen LogP contribution is -2.38. The molecular weight excluding hydrogens is 263 g/mol. The number of benzene rings is 1. The first-order valence-electron chi connectivity index (χ1n) is 5.15. The molecule has 0 atom stereocenters. The average Bonchev–Trinajstić information content (AvgIpc) is 2.29. The summed E-state index contributed by atoms with van der Waals surface area (Å²) in [5, 5.41) is 0. The minimum atomic E-state index is -3.58. The van der Waals surface area contributed by atoms with Crippen molar-refractivity contribution < 1.29 is 12.8 Å². The van der Waals surface area contributed by atoms with Gasteiger partial charge in [0.25, 0.3) is 0 Å². The molecule has 94 valence electrons. The van der Waals surface area contributed by atoms with E-state index in [1.165, 1.54) is 10.4 Å². The quantitative estimate of drug-likeness (QED) is 0.823. The zero-order valence-corrected chi connectivity index (χ0v) is 10.7. The lowest BCUT2D eigenvalue weighted by molar-refractivity contribution is 0.444. The first kappa shape index (κ1) is 12.7. The molecule has 0 amide bonds. The zero-order valence-electron chi connectivity index (χ0n) is 9.10. The lowest BCUT2D eigenvalue weighted by Gasteiger charge is -2.26. The third kappa shape index (κ3) is 2.56. The highest BCUT2D eigenvalue weighted by Gasteiger charge is 2.27. The summed E-state index contributed by atoms with van der Waals surface area (Å²) < 4.78 is 38.7. The van der Waals surface area contributed by atoms with Crippen LogP contribution in [0.3, 0.4) is 0 Å². The van der Waals surface area contributed by atoms with Gasteiger partial charge in [-0.25, -0.2) is 12.8 Å². The number of nitrogens with two attached hydrogens (primary N) is 1. The Kier molecular flexibility index (Phi) is 3.60. The molecule has 0 saturated carbocycles. The van der Waals surface area contributed by atoms with Crippen molar-refractivity contribution in [3.05, 3.63) is 24.0 Å². The molecule has 7 heteroatoms. The minimum absolute atomic E-state index is 0.00852. The van der Waals surface area contributed by atoms with Crippen LogP contribution in [0.5, 0.6) is 0 Å². The van der Waals surface area contributed by atoms with Crippen LogP contribution in [0.4, 0.5) is 10.1 Å². The second-order valence-corrected chi connectivity index (χ2v) is 6.83. The Morgan fingerprint density at radius 2 is 1.94 bits per heavy atom. The van der Waals surface area contributed by atoms with Gasteiger partial charge in [0.05, 0.1) is 5.69 Å². The average molecular weight is 276 g/mol. The highest BCUT2D eigenvalue weighted by Crippen LogP contribution is 2.25. The predicted molar refractivity (Wildman–Crippen MR) is 66.9 cm³/mol. The molecule has 0 radical (unpaired) electrons. The molecule has 17 heavy (non-hydrogen) atoms. The van der Waals surface area contributed by atoms with Crippen LogP contribution < -0.4 is 5.73 Å². The van der Waals surface area contributed by atoms with Crippen LogP contribution in [0.2, 0.25) is 0 Å². The first-order chi connectivity index (χ1) is 8.01. The van der Waals surface area contributed by atoms with Gasteiger partial charge in [0, 0.05) is 24.6 Å². The SMILES string of the molecule is Nc1cc(F)ccc1S(=O)(=O)N1CCSCC1. The van der Waals surface area contributed by atoms with E-state index in [1.807, 2.05) is 0 Å². The Morgan fingerprint density at radius 1 is 1.29 bits per heavy atom. The van der Waals surface area contributed by atoms with Crippen molar-refractivity contribution in [2.24, 2.45) is 0 Å². The van der Waals surface area contributed by atoms with E-state index in [4.69, 9.17) is 5.73 Å². The van der Waals surface area contributed by atoms with E-state index in [0.717, 1.165) is 23.6 Å². The third-order valence-electron chi connectivity index (χ3n) is 2.56.